The highest BCUT2D eigenvalue weighted by Gasteiger charge is 2.34. The van der Waals surface area contributed by atoms with Gasteiger partial charge < -0.3 is 9.84 Å². The van der Waals surface area contributed by atoms with Crippen LogP contribution in [0.25, 0.3) is 0 Å². The second-order valence-electron chi connectivity index (χ2n) is 5.40. The number of carbonyl (C=O) groups is 1. The number of sulfonamides is 1. The molecule has 25 heavy (non-hydrogen) atoms. The minimum Gasteiger partial charge on any atom is -0.478 e. The summed E-state index contributed by atoms with van der Waals surface area (Å²) in [5, 5.41) is 16.4. The molecule has 1 N–H and O–H groups in total. The van der Waals surface area contributed by atoms with Crippen LogP contribution in [0.3, 0.4) is 0 Å². The van der Waals surface area contributed by atoms with Crippen molar-refractivity contribution >= 4 is 16.0 Å². The number of rotatable bonds is 5. The fourth-order valence-corrected chi connectivity index (χ4v) is 4.02. The van der Waals surface area contributed by atoms with Crippen LogP contribution in [0.2, 0.25) is 0 Å². The van der Waals surface area contributed by atoms with Crippen molar-refractivity contribution in [2.24, 2.45) is 0 Å². The van der Waals surface area contributed by atoms with Gasteiger partial charge in [0.15, 0.2) is 0 Å². The van der Waals surface area contributed by atoms with Crippen molar-refractivity contribution in [1.29, 1.82) is 0 Å². The molecule has 0 radical (unpaired) electrons. The van der Waals surface area contributed by atoms with Crippen molar-refractivity contribution in [3.8, 4) is 5.88 Å². The first-order valence-corrected chi connectivity index (χ1v) is 8.79. The molecule has 0 spiro atoms. The number of benzene rings is 1. The summed E-state index contributed by atoms with van der Waals surface area (Å²) in [5.41, 5.74) is -0.687. The highest BCUT2D eigenvalue weighted by atomic mass is 32.2. The number of nitrogens with zero attached hydrogens (tertiary/aromatic N) is 3. The van der Waals surface area contributed by atoms with Crippen molar-refractivity contribution in [3.63, 3.8) is 0 Å². The Morgan fingerprint density at radius 2 is 2.16 bits per heavy atom. The van der Waals surface area contributed by atoms with E-state index in [-0.39, 0.29) is 18.0 Å². The molecule has 0 bridgehead atoms. The Balaban J connectivity index is 1.77. The molecule has 2 heterocycles. The first kappa shape index (κ1) is 17.2. The van der Waals surface area contributed by atoms with Crippen LogP contribution >= 0.6 is 0 Å². The zero-order valence-electron chi connectivity index (χ0n) is 12.9. The molecule has 0 saturated carbocycles. The summed E-state index contributed by atoms with van der Waals surface area (Å²) >= 11 is 0. The predicted octanol–water partition coefficient (Wildman–Crippen LogP) is 1.16. The Morgan fingerprint density at radius 3 is 2.84 bits per heavy atom. The predicted molar refractivity (Wildman–Crippen MR) is 83.2 cm³/mol. The standard InChI is InChI=1S/C15H14FN3O5S/c16-13-4-3-11(8-12(13)15(20)21)25(22,23)19-7-5-10(9-19)24-14-2-1-6-17-18-14/h1-4,6,8,10H,5,7,9H2,(H,20,21)/t10-/m1/s1. The minimum atomic E-state index is -3.95. The number of carboxylic acids is 1. The fourth-order valence-electron chi connectivity index (χ4n) is 2.51. The average Bonchev–Trinajstić information content (AvgIpc) is 3.05. The van der Waals surface area contributed by atoms with Gasteiger partial charge in [0.25, 0.3) is 0 Å². The summed E-state index contributed by atoms with van der Waals surface area (Å²) in [5.74, 6) is -2.22. The van der Waals surface area contributed by atoms with Crippen molar-refractivity contribution in [2.75, 3.05) is 13.1 Å². The number of hydrogen-bond donors (Lipinski definition) is 1. The molecule has 8 nitrogen and oxygen atoms in total. The van der Waals surface area contributed by atoms with Crippen LogP contribution in [-0.4, -0.2) is 53.2 Å². The molecule has 1 aliphatic heterocycles. The van der Waals surface area contributed by atoms with E-state index < -0.39 is 33.5 Å². The van der Waals surface area contributed by atoms with Crippen LogP contribution in [-0.2, 0) is 10.0 Å². The topological polar surface area (TPSA) is 110 Å². The lowest BCUT2D eigenvalue weighted by molar-refractivity contribution is 0.0691. The fraction of sp³-hybridized carbons (Fsp3) is 0.267. The van der Waals surface area contributed by atoms with Gasteiger partial charge >= 0.3 is 5.97 Å². The second kappa shape index (κ2) is 6.73. The van der Waals surface area contributed by atoms with Crippen molar-refractivity contribution in [1.82, 2.24) is 14.5 Å². The normalized spacial score (nSPS) is 18.2. The van der Waals surface area contributed by atoms with E-state index in [4.69, 9.17) is 9.84 Å². The third-order valence-electron chi connectivity index (χ3n) is 3.75. The Bertz CT molecular complexity index is 891. The molecule has 1 aromatic carbocycles. The van der Waals surface area contributed by atoms with Crippen LogP contribution in [0.5, 0.6) is 5.88 Å². The zero-order valence-corrected chi connectivity index (χ0v) is 13.7. The van der Waals surface area contributed by atoms with E-state index in [0.717, 1.165) is 18.2 Å². The van der Waals surface area contributed by atoms with Gasteiger partial charge in [0.05, 0.1) is 17.0 Å². The van der Waals surface area contributed by atoms with Gasteiger partial charge in [-0.15, -0.1) is 5.10 Å². The molecule has 1 fully saturated rings. The van der Waals surface area contributed by atoms with Gasteiger partial charge in [-0.2, -0.15) is 9.40 Å². The number of hydrogen-bond acceptors (Lipinski definition) is 6. The quantitative estimate of drug-likeness (QED) is 0.844. The third kappa shape index (κ3) is 3.59. The maximum atomic E-state index is 13.5. The number of carboxylic acid groups (broad SMARTS) is 1. The Labute approximate surface area is 142 Å². The lowest BCUT2D eigenvalue weighted by Crippen LogP contribution is -2.31. The Morgan fingerprint density at radius 1 is 1.36 bits per heavy atom. The first-order chi connectivity index (χ1) is 11.9. The maximum absolute atomic E-state index is 13.5. The molecular formula is C15H14FN3O5S. The van der Waals surface area contributed by atoms with Crippen LogP contribution in [0.4, 0.5) is 4.39 Å². The third-order valence-corrected chi connectivity index (χ3v) is 5.61. The summed E-state index contributed by atoms with van der Waals surface area (Å²) in [6.07, 6.45) is 1.54. The molecular weight excluding hydrogens is 353 g/mol. The van der Waals surface area contributed by atoms with Crippen molar-refractivity contribution < 1.29 is 27.4 Å². The van der Waals surface area contributed by atoms with Gasteiger partial charge in [-0.25, -0.2) is 17.6 Å². The van der Waals surface area contributed by atoms with Crippen LogP contribution in [0.1, 0.15) is 16.8 Å². The molecule has 10 heteroatoms. The molecule has 0 amide bonds. The molecule has 0 unspecified atom stereocenters. The SMILES string of the molecule is O=C(O)c1cc(S(=O)(=O)N2CC[C@@H](Oc3cccnn3)C2)ccc1F. The summed E-state index contributed by atoms with van der Waals surface area (Å²) in [6, 6.07) is 5.97. The molecule has 1 atom stereocenters. The van der Waals surface area contributed by atoms with Gasteiger partial charge in [0, 0.05) is 18.8 Å². The van der Waals surface area contributed by atoms with Gasteiger partial charge in [-0.1, -0.05) is 0 Å². The summed E-state index contributed by atoms with van der Waals surface area (Å²) < 4.78 is 45.5. The zero-order chi connectivity index (χ0) is 18.0. The van der Waals surface area contributed by atoms with Crippen molar-refractivity contribution in [3.05, 3.63) is 47.9 Å². The van der Waals surface area contributed by atoms with E-state index in [1.807, 2.05) is 0 Å². The molecule has 1 aliphatic rings. The molecule has 1 aromatic heterocycles. The lowest BCUT2D eigenvalue weighted by atomic mass is 10.2. The Kier molecular flexibility index (Phi) is 4.64. The molecule has 3 rings (SSSR count). The van der Waals surface area contributed by atoms with E-state index in [1.165, 1.54) is 10.5 Å². The van der Waals surface area contributed by atoms with Gasteiger partial charge in [-0.3, -0.25) is 0 Å². The lowest BCUT2D eigenvalue weighted by Gasteiger charge is -2.17. The minimum absolute atomic E-state index is 0.0820. The number of halogens is 1. The number of ether oxygens (including phenoxy) is 1. The van der Waals surface area contributed by atoms with Crippen LogP contribution in [0, 0.1) is 5.82 Å². The molecule has 1 saturated heterocycles. The maximum Gasteiger partial charge on any atom is 0.338 e. The highest BCUT2D eigenvalue weighted by Crippen LogP contribution is 2.24. The van der Waals surface area contributed by atoms with Crippen molar-refractivity contribution in [2.45, 2.75) is 17.4 Å². The largest absolute Gasteiger partial charge is 0.478 e. The smallest absolute Gasteiger partial charge is 0.338 e. The second-order valence-corrected chi connectivity index (χ2v) is 7.34. The number of aromatic nitrogens is 2. The molecule has 132 valence electrons. The summed E-state index contributed by atoms with van der Waals surface area (Å²) in [4.78, 5) is 10.7. The van der Waals surface area contributed by atoms with E-state index in [0.29, 0.717) is 12.3 Å². The van der Waals surface area contributed by atoms with Crippen LogP contribution in [0.15, 0.2) is 41.4 Å². The monoisotopic (exact) mass is 367 g/mol. The molecule has 0 aliphatic carbocycles. The Hall–Kier alpha value is -2.59. The van der Waals surface area contributed by atoms with Gasteiger partial charge in [0.2, 0.25) is 15.9 Å². The van der Waals surface area contributed by atoms with E-state index >= 15 is 0 Å². The van der Waals surface area contributed by atoms with E-state index in [1.54, 1.807) is 12.1 Å². The van der Waals surface area contributed by atoms with Gasteiger partial charge in [0.1, 0.15) is 11.9 Å². The van der Waals surface area contributed by atoms with Gasteiger partial charge in [-0.05, 0) is 30.7 Å². The highest BCUT2D eigenvalue weighted by molar-refractivity contribution is 7.89. The summed E-state index contributed by atoms with van der Waals surface area (Å²) in [6.45, 7) is 0.283. The number of aromatic carboxylic acids is 1. The van der Waals surface area contributed by atoms with Crippen LogP contribution < -0.4 is 4.74 Å². The van der Waals surface area contributed by atoms with E-state index in [9.17, 15) is 17.6 Å². The molecule has 2 aromatic rings. The first-order valence-electron chi connectivity index (χ1n) is 7.35. The average molecular weight is 367 g/mol. The van der Waals surface area contributed by atoms with E-state index in [2.05, 4.69) is 10.2 Å². The summed E-state index contributed by atoms with van der Waals surface area (Å²) in [7, 11) is -3.95.